The molecule has 0 bridgehead atoms. The number of hydrogen-bond donors (Lipinski definition) is 4. The Morgan fingerprint density at radius 2 is 2.38 bits per heavy atom. The molecule has 2 heterocycles. The first kappa shape index (κ1) is 17.3. The summed E-state index contributed by atoms with van der Waals surface area (Å²) < 4.78 is 5.10. The molecule has 1 aliphatic heterocycles. The number of amides is 2. The van der Waals surface area contributed by atoms with Crippen LogP contribution in [0.5, 0.6) is 0 Å². The van der Waals surface area contributed by atoms with Crippen LogP contribution in [-0.4, -0.2) is 48.4 Å². The van der Waals surface area contributed by atoms with Gasteiger partial charge in [-0.2, -0.15) is 0 Å². The first-order chi connectivity index (χ1) is 9.60. The van der Waals surface area contributed by atoms with E-state index < -0.39 is 6.09 Å². The van der Waals surface area contributed by atoms with E-state index in [4.69, 9.17) is 9.63 Å². The quantitative estimate of drug-likeness (QED) is 0.618. The van der Waals surface area contributed by atoms with Gasteiger partial charge in [0, 0.05) is 25.6 Å². The molecule has 118 valence electrons. The third-order valence-electron chi connectivity index (χ3n) is 3.42. The van der Waals surface area contributed by atoms with Gasteiger partial charge in [0.15, 0.2) is 5.69 Å². The minimum atomic E-state index is -1.06. The molecule has 1 aromatic heterocycles. The van der Waals surface area contributed by atoms with Crippen LogP contribution in [0.25, 0.3) is 0 Å². The summed E-state index contributed by atoms with van der Waals surface area (Å²) in [6.45, 7) is 1.64. The molecule has 9 heteroatoms. The van der Waals surface area contributed by atoms with Crippen LogP contribution in [0.2, 0.25) is 0 Å². The number of carbonyl (C=O) groups is 2. The highest BCUT2D eigenvalue weighted by atomic mass is 35.5. The van der Waals surface area contributed by atoms with Crippen LogP contribution in [0.3, 0.4) is 0 Å². The zero-order valence-corrected chi connectivity index (χ0v) is 12.4. The lowest BCUT2D eigenvalue weighted by atomic mass is 9.95. The largest absolute Gasteiger partial charge is 0.465 e. The van der Waals surface area contributed by atoms with Crippen molar-refractivity contribution in [1.82, 2.24) is 21.1 Å². The Labute approximate surface area is 128 Å². The SMILES string of the molecule is CNC(=O)c1cc(CC(NC(=O)O)C2CCNC2)on1.Cl. The van der Waals surface area contributed by atoms with Gasteiger partial charge in [-0.3, -0.25) is 4.79 Å². The highest BCUT2D eigenvalue weighted by Gasteiger charge is 2.28. The van der Waals surface area contributed by atoms with Crippen LogP contribution in [0.15, 0.2) is 10.6 Å². The van der Waals surface area contributed by atoms with Crippen molar-refractivity contribution in [2.75, 3.05) is 20.1 Å². The molecule has 0 saturated carbocycles. The lowest BCUT2D eigenvalue weighted by Crippen LogP contribution is -2.41. The van der Waals surface area contributed by atoms with Crippen LogP contribution < -0.4 is 16.0 Å². The lowest BCUT2D eigenvalue weighted by molar-refractivity contribution is 0.0954. The summed E-state index contributed by atoms with van der Waals surface area (Å²) >= 11 is 0. The van der Waals surface area contributed by atoms with Crippen LogP contribution in [-0.2, 0) is 6.42 Å². The fourth-order valence-electron chi connectivity index (χ4n) is 2.38. The molecule has 1 fully saturated rings. The maximum atomic E-state index is 11.4. The number of hydrogen-bond acceptors (Lipinski definition) is 5. The molecule has 1 aliphatic rings. The molecule has 2 atom stereocenters. The number of nitrogens with zero attached hydrogens (tertiary/aromatic N) is 1. The van der Waals surface area contributed by atoms with Gasteiger partial charge >= 0.3 is 6.09 Å². The fourth-order valence-corrected chi connectivity index (χ4v) is 2.38. The fraction of sp³-hybridized carbons (Fsp3) is 0.583. The maximum Gasteiger partial charge on any atom is 0.404 e. The molecule has 1 aromatic rings. The monoisotopic (exact) mass is 318 g/mol. The first-order valence-electron chi connectivity index (χ1n) is 6.48. The summed E-state index contributed by atoms with van der Waals surface area (Å²) in [7, 11) is 1.51. The summed E-state index contributed by atoms with van der Waals surface area (Å²) in [4.78, 5) is 22.3. The van der Waals surface area contributed by atoms with Gasteiger partial charge in [-0.15, -0.1) is 12.4 Å². The molecular weight excluding hydrogens is 300 g/mol. The second-order valence-electron chi connectivity index (χ2n) is 4.77. The van der Waals surface area contributed by atoms with E-state index in [0.717, 1.165) is 19.5 Å². The number of aromatic nitrogens is 1. The van der Waals surface area contributed by atoms with Crippen molar-refractivity contribution in [3.05, 3.63) is 17.5 Å². The second kappa shape index (κ2) is 7.84. The number of carboxylic acid groups (broad SMARTS) is 1. The molecule has 2 rings (SSSR count). The Kier molecular flexibility index (Phi) is 6.44. The second-order valence-corrected chi connectivity index (χ2v) is 4.77. The summed E-state index contributed by atoms with van der Waals surface area (Å²) in [6, 6.07) is 1.28. The predicted molar refractivity (Wildman–Crippen MR) is 76.8 cm³/mol. The van der Waals surface area contributed by atoms with Gasteiger partial charge in [0.05, 0.1) is 0 Å². The Morgan fingerprint density at radius 1 is 1.62 bits per heavy atom. The highest BCUT2D eigenvalue weighted by molar-refractivity contribution is 5.91. The molecule has 2 amide bonds. The van der Waals surface area contributed by atoms with Gasteiger partial charge in [0.25, 0.3) is 5.91 Å². The zero-order valence-electron chi connectivity index (χ0n) is 11.6. The lowest BCUT2D eigenvalue weighted by Gasteiger charge is -2.21. The van der Waals surface area contributed by atoms with Crippen LogP contribution in [0.4, 0.5) is 4.79 Å². The van der Waals surface area contributed by atoms with E-state index >= 15 is 0 Å². The third kappa shape index (κ3) is 4.61. The van der Waals surface area contributed by atoms with E-state index in [1.165, 1.54) is 13.1 Å². The third-order valence-corrected chi connectivity index (χ3v) is 3.42. The van der Waals surface area contributed by atoms with E-state index in [1.54, 1.807) is 0 Å². The number of halogens is 1. The van der Waals surface area contributed by atoms with Crippen molar-refractivity contribution in [3.63, 3.8) is 0 Å². The van der Waals surface area contributed by atoms with E-state index in [9.17, 15) is 9.59 Å². The van der Waals surface area contributed by atoms with Gasteiger partial charge in [0.1, 0.15) is 5.76 Å². The van der Waals surface area contributed by atoms with Crippen molar-refractivity contribution in [1.29, 1.82) is 0 Å². The van der Waals surface area contributed by atoms with Gasteiger partial charge in [-0.05, 0) is 25.4 Å². The van der Waals surface area contributed by atoms with E-state index in [0.29, 0.717) is 12.2 Å². The number of carbonyl (C=O) groups excluding carboxylic acids is 1. The van der Waals surface area contributed by atoms with E-state index in [1.807, 2.05) is 0 Å². The molecule has 0 spiro atoms. The Bertz CT molecular complexity index is 487. The van der Waals surface area contributed by atoms with Crippen LogP contribution >= 0.6 is 12.4 Å². The molecule has 4 N–H and O–H groups in total. The van der Waals surface area contributed by atoms with Gasteiger partial charge in [-0.1, -0.05) is 5.16 Å². The van der Waals surface area contributed by atoms with Gasteiger partial charge in [-0.25, -0.2) is 4.79 Å². The van der Waals surface area contributed by atoms with Crippen molar-refractivity contribution in [2.45, 2.75) is 18.9 Å². The van der Waals surface area contributed by atoms with Gasteiger partial charge < -0.3 is 25.6 Å². The Morgan fingerprint density at radius 3 is 2.95 bits per heavy atom. The summed E-state index contributed by atoms with van der Waals surface area (Å²) in [5.41, 5.74) is 0.195. The molecule has 1 saturated heterocycles. The summed E-state index contributed by atoms with van der Waals surface area (Å²) in [5, 5.41) is 20.7. The average molecular weight is 319 g/mol. The standard InChI is InChI=1S/C12H18N4O4.ClH/c1-13-11(17)10-5-8(20-16-10)4-9(15-12(18)19)7-2-3-14-6-7;/h5,7,9,14-15H,2-4,6H2,1H3,(H,13,17)(H,18,19);1H. The molecule has 21 heavy (non-hydrogen) atoms. The molecule has 8 nitrogen and oxygen atoms in total. The van der Waals surface area contributed by atoms with Crippen molar-refractivity contribution < 1.29 is 19.2 Å². The number of rotatable bonds is 5. The Hall–Kier alpha value is -1.80. The van der Waals surface area contributed by atoms with Crippen molar-refractivity contribution in [2.24, 2.45) is 5.92 Å². The van der Waals surface area contributed by atoms with Crippen molar-refractivity contribution >= 4 is 24.4 Å². The average Bonchev–Trinajstić information content (AvgIpc) is 3.07. The number of nitrogens with one attached hydrogen (secondary N) is 3. The topological polar surface area (TPSA) is 116 Å². The predicted octanol–water partition coefficient (Wildman–Crippen LogP) is 0.244. The molecule has 0 radical (unpaired) electrons. The van der Waals surface area contributed by atoms with E-state index in [-0.39, 0.29) is 36.0 Å². The van der Waals surface area contributed by atoms with E-state index in [2.05, 4.69) is 21.1 Å². The smallest absolute Gasteiger partial charge is 0.404 e. The first-order valence-corrected chi connectivity index (χ1v) is 6.48. The van der Waals surface area contributed by atoms with Gasteiger partial charge in [0.2, 0.25) is 0 Å². The van der Waals surface area contributed by atoms with Crippen LogP contribution in [0, 0.1) is 5.92 Å². The van der Waals surface area contributed by atoms with Crippen molar-refractivity contribution in [3.8, 4) is 0 Å². The summed E-state index contributed by atoms with van der Waals surface area (Å²) in [6.07, 6.45) is 0.220. The highest BCUT2D eigenvalue weighted by Crippen LogP contribution is 2.17. The minimum absolute atomic E-state index is 0. The molecule has 0 aliphatic carbocycles. The van der Waals surface area contributed by atoms with Crippen LogP contribution in [0.1, 0.15) is 22.7 Å². The minimum Gasteiger partial charge on any atom is -0.465 e. The Balaban J connectivity index is 0.00000220. The zero-order chi connectivity index (χ0) is 14.5. The molecule has 2 unspecified atom stereocenters. The maximum absolute atomic E-state index is 11.4. The normalized spacial score (nSPS) is 18.6. The summed E-state index contributed by atoms with van der Waals surface area (Å²) in [5.74, 6) is 0.374. The molecule has 0 aromatic carbocycles. The molecular formula is C12H19ClN4O4.